The molecule has 0 saturated carbocycles. The van der Waals surface area contributed by atoms with Crippen LogP contribution in [0.3, 0.4) is 0 Å². The van der Waals surface area contributed by atoms with Gasteiger partial charge in [-0.05, 0) is 61.1 Å². The molecule has 1 saturated heterocycles. The largest absolute Gasteiger partial charge is 0.356 e. The molecule has 1 fully saturated rings. The molecule has 2 heterocycles. The molecule has 128 valence electrons. The van der Waals surface area contributed by atoms with Gasteiger partial charge >= 0.3 is 0 Å². The van der Waals surface area contributed by atoms with Gasteiger partial charge in [-0.1, -0.05) is 6.07 Å². The predicted octanol–water partition coefficient (Wildman–Crippen LogP) is 2.11. The van der Waals surface area contributed by atoms with E-state index in [9.17, 15) is 14.8 Å². The topological polar surface area (TPSA) is 82.5 Å². The number of nitrogens with zero attached hydrogens (tertiary/aromatic N) is 2. The summed E-state index contributed by atoms with van der Waals surface area (Å²) >= 11 is 0. The summed E-state index contributed by atoms with van der Waals surface area (Å²) in [4.78, 5) is 28.6. The van der Waals surface area contributed by atoms with Crippen molar-refractivity contribution in [2.24, 2.45) is 5.41 Å². The van der Waals surface area contributed by atoms with Crippen molar-refractivity contribution in [3.05, 3.63) is 59.4 Å². The maximum Gasteiger partial charge on any atom is 0.282 e. The molecule has 1 atom stereocenters. The molecular weight excluding hydrogens is 318 g/mol. The van der Waals surface area contributed by atoms with Gasteiger partial charge in [0.1, 0.15) is 0 Å². The van der Waals surface area contributed by atoms with E-state index >= 15 is 0 Å². The Balaban J connectivity index is 1.58. The van der Waals surface area contributed by atoms with Crippen LogP contribution < -0.4 is 10.4 Å². The number of carbonyl (C=O) groups excluding carboxylic acids is 2. The first-order chi connectivity index (χ1) is 12.1. The molecule has 6 heteroatoms. The standard InChI is InChI=1S/C19H19N3O3/c23-17(22(25)16-2-1-8-20-12-16)14-3-4-15-11-19(6-5-13(15)10-14)7-9-21-18(19)24/h1-4,8,10,12,25H,5-7,9,11H2,(H,21,24)/t19-/m1/s1. The molecule has 0 unspecified atom stereocenters. The van der Waals surface area contributed by atoms with Crippen LogP contribution in [0.4, 0.5) is 5.69 Å². The summed E-state index contributed by atoms with van der Waals surface area (Å²) < 4.78 is 0. The fraction of sp³-hybridized carbons (Fsp3) is 0.316. The Morgan fingerprint density at radius 3 is 2.84 bits per heavy atom. The number of amides is 2. The van der Waals surface area contributed by atoms with Crippen molar-refractivity contribution in [1.29, 1.82) is 0 Å². The molecule has 0 radical (unpaired) electrons. The SMILES string of the molecule is O=C(c1ccc2c(c1)CC[C@@]1(CCNC1=O)C2)N(O)c1cccnc1. The van der Waals surface area contributed by atoms with E-state index in [0.29, 0.717) is 22.7 Å². The van der Waals surface area contributed by atoms with Crippen molar-refractivity contribution in [2.45, 2.75) is 25.7 Å². The summed E-state index contributed by atoms with van der Waals surface area (Å²) in [5, 5.41) is 13.7. The van der Waals surface area contributed by atoms with Crippen LogP contribution in [-0.4, -0.2) is 28.6 Å². The Morgan fingerprint density at radius 2 is 2.12 bits per heavy atom. The van der Waals surface area contributed by atoms with Crippen molar-refractivity contribution >= 4 is 17.5 Å². The number of pyridine rings is 1. The lowest BCUT2D eigenvalue weighted by Crippen LogP contribution is -2.36. The van der Waals surface area contributed by atoms with E-state index in [4.69, 9.17) is 0 Å². The van der Waals surface area contributed by atoms with Gasteiger partial charge in [0.25, 0.3) is 5.91 Å². The molecule has 25 heavy (non-hydrogen) atoms. The summed E-state index contributed by atoms with van der Waals surface area (Å²) in [5.41, 5.74) is 2.67. The number of fused-ring (bicyclic) bond motifs is 1. The molecule has 4 rings (SSSR count). The van der Waals surface area contributed by atoms with Crippen LogP contribution in [0.2, 0.25) is 0 Å². The Bertz CT molecular complexity index is 837. The van der Waals surface area contributed by atoms with Crippen molar-refractivity contribution in [3.63, 3.8) is 0 Å². The number of hydroxylamine groups is 1. The highest BCUT2D eigenvalue weighted by molar-refractivity contribution is 6.04. The van der Waals surface area contributed by atoms with E-state index < -0.39 is 5.91 Å². The van der Waals surface area contributed by atoms with Gasteiger partial charge in [-0.15, -0.1) is 0 Å². The normalized spacial score (nSPS) is 21.7. The average molecular weight is 337 g/mol. The number of nitrogens with one attached hydrogen (secondary N) is 1. The highest BCUT2D eigenvalue weighted by Gasteiger charge is 2.44. The zero-order chi connectivity index (χ0) is 17.4. The Kier molecular flexibility index (Phi) is 3.77. The fourth-order valence-corrected chi connectivity index (χ4v) is 3.83. The molecule has 1 aromatic heterocycles. The van der Waals surface area contributed by atoms with E-state index in [1.54, 1.807) is 24.4 Å². The number of carbonyl (C=O) groups is 2. The fourth-order valence-electron chi connectivity index (χ4n) is 3.83. The van der Waals surface area contributed by atoms with Gasteiger partial charge in [-0.3, -0.25) is 19.8 Å². The van der Waals surface area contributed by atoms with Crippen LogP contribution in [0.25, 0.3) is 0 Å². The van der Waals surface area contributed by atoms with Crippen molar-refractivity contribution in [2.75, 3.05) is 11.6 Å². The molecule has 1 aliphatic heterocycles. The van der Waals surface area contributed by atoms with Gasteiger partial charge in [-0.2, -0.15) is 5.06 Å². The molecule has 2 N–H and O–H groups in total. The van der Waals surface area contributed by atoms with Gasteiger partial charge in [0.2, 0.25) is 5.91 Å². The van der Waals surface area contributed by atoms with Crippen molar-refractivity contribution in [1.82, 2.24) is 10.3 Å². The lowest BCUT2D eigenvalue weighted by molar-refractivity contribution is -0.128. The summed E-state index contributed by atoms with van der Waals surface area (Å²) in [6.45, 7) is 0.745. The molecule has 1 spiro atoms. The first-order valence-corrected chi connectivity index (χ1v) is 8.43. The molecule has 2 amide bonds. The maximum absolute atomic E-state index is 12.5. The second kappa shape index (κ2) is 5.97. The Morgan fingerprint density at radius 1 is 1.24 bits per heavy atom. The number of aromatic nitrogens is 1. The molecule has 1 aliphatic carbocycles. The van der Waals surface area contributed by atoms with Crippen molar-refractivity contribution in [3.8, 4) is 0 Å². The molecule has 2 aliphatic rings. The lowest BCUT2D eigenvalue weighted by atomic mass is 9.70. The number of benzene rings is 1. The number of hydrogen-bond acceptors (Lipinski definition) is 4. The van der Waals surface area contributed by atoms with Gasteiger partial charge < -0.3 is 5.32 Å². The van der Waals surface area contributed by atoms with Gasteiger partial charge in [0.05, 0.1) is 17.3 Å². The quantitative estimate of drug-likeness (QED) is 0.649. The highest BCUT2D eigenvalue weighted by atomic mass is 16.5. The van der Waals surface area contributed by atoms with E-state index in [0.717, 1.165) is 36.9 Å². The summed E-state index contributed by atoms with van der Waals surface area (Å²) in [5.74, 6) is -0.342. The summed E-state index contributed by atoms with van der Waals surface area (Å²) in [7, 11) is 0. The Labute approximate surface area is 145 Å². The number of anilines is 1. The summed E-state index contributed by atoms with van der Waals surface area (Å²) in [6, 6.07) is 8.73. The molecule has 2 aromatic rings. The first kappa shape index (κ1) is 15.8. The van der Waals surface area contributed by atoms with Crippen LogP contribution in [0, 0.1) is 5.41 Å². The minimum absolute atomic E-state index is 0.149. The number of aryl methyl sites for hydroxylation is 1. The van der Waals surface area contributed by atoms with Crippen molar-refractivity contribution < 1.29 is 14.8 Å². The molecule has 6 nitrogen and oxygen atoms in total. The van der Waals surface area contributed by atoms with Crippen LogP contribution in [-0.2, 0) is 17.6 Å². The average Bonchev–Trinajstić information content (AvgIpc) is 3.00. The van der Waals surface area contributed by atoms with E-state index in [1.165, 1.54) is 6.20 Å². The third-order valence-corrected chi connectivity index (χ3v) is 5.31. The molecular formula is C19H19N3O3. The van der Waals surface area contributed by atoms with Crippen LogP contribution >= 0.6 is 0 Å². The first-order valence-electron chi connectivity index (χ1n) is 8.43. The smallest absolute Gasteiger partial charge is 0.282 e. The van der Waals surface area contributed by atoms with Crippen LogP contribution in [0.15, 0.2) is 42.7 Å². The Hall–Kier alpha value is -2.73. The lowest BCUT2D eigenvalue weighted by Gasteiger charge is -2.32. The zero-order valence-electron chi connectivity index (χ0n) is 13.7. The number of hydrogen-bond donors (Lipinski definition) is 2. The third kappa shape index (κ3) is 2.68. The second-order valence-corrected chi connectivity index (χ2v) is 6.77. The van der Waals surface area contributed by atoms with Gasteiger partial charge in [-0.25, -0.2) is 0 Å². The minimum Gasteiger partial charge on any atom is -0.356 e. The zero-order valence-corrected chi connectivity index (χ0v) is 13.7. The summed E-state index contributed by atoms with van der Waals surface area (Å²) in [6.07, 6.45) is 6.16. The molecule has 1 aromatic carbocycles. The van der Waals surface area contributed by atoms with Crippen LogP contribution in [0.1, 0.15) is 34.3 Å². The maximum atomic E-state index is 12.5. The number of rotatable bonds is 2. The van der Waals surface area contributed by atoms with Gasteiger partial charge in [0, 0.05) is 18.3 Å². The van der Waals surface area contributed by atoms with E-state index in [-0.39, 0.29) is 11.3 Å². The van der Waals surface area contributed by atoms with E-state index in [1.807, 2.05) is 12.1 Å². The third-order valence-electron chi connectivity index (χ3n) is 5.31. The van der Waals surface area contributed by atoms with E-state index in [2.05, 4.69) is 10.3 Å². The van der Waals surface area contributed by atoms with Gasteiger partial charge in [0.15, 0.2) is 0 Å². The predicted molar refractivity (Wildman–Crippen MR) is 91.4 cm³/mol. The second-order valence-electron chi connectivity index (χ2n) is 6.77. The van der Waals surface area contributed by atoms with Crippen LogP contribution in [0.5, 0.6) is 0 Å². The molecule has 0 bridgehead atoms. The highest BCUT2D eigenvalue weighted by Crippen LogP contribution is 2.41. The minimum atomic E-state index is -0.491. The monoisotopic (exact) mass is 337 g/mol.